The summed E-state index contributed by atoms with van der Waals surface area (Å²) < 4.78 is 0. The lowest BCUT2D eigenvalue weighted by Crippen LogP contribution is -1.98. The van der Waals surface area contributed by atoms with Gasteiger partial charge in [-0.15, -0.1) is 0 Å². The number of allylic oxidation sites excluding steroid dienone is 1. The van der Waals surface area contributed by atoms with Gasteiger partial charge in [0.15, 0.2) is 0 Å². The van der Waals surface area contributed by atoms with Crippen LogP contribution in [0, 0.1) is 18.3 Å². The highest BCUT2D eigenvalue weighted by molar-refractivity contribution is 5.79. The molecule has 0 bridgehead atoms. The van der Waals surface area contributed by atoms with Crippen molar-refractivity contribution >= 4 is 11.5 Å². The first-order chi connectivity index (χ1) is 7.54. The third-order valence-corrected chi connectivity index (χ3v) is 2.40. The highest BCUT2D eigenvalue weighted by Crippen LogP contribution is 2.20. The Labute approximate surface area is 94.6 Å². The topological polar surface area (TPSA) is 61.1 Å². The number of benzene rings is 1. The van der Waals surface area contributed by atoms with Crippen molar-refractivity contribution in [1.82, 2.24) is 0 Å². The molecule has 0 saturated carbocycles. The van der Waals surface area contributed by atoms with Crippen molar-refractivity contribution in [3.8, 4) is 6.07 Å². The maximum atomic E-state index is 10.6. The number of rotatable bonds is 3. The van der Waals surface area contributed by atoms with Gasteiger partial charge in [0.05, 0.1) is 12.5 Å². The largest absolute Gasteiger partial charge is 0.481 e. The lowest BCUT2D eigenvalue weighted by atomic mass is 9.99. The van der Waals surface area contributed by atoms with Crippen molar-refractivity contribution in [1.29, 1.82) is 5.26 Å². The summed E-state index contributed by atoms with van der Waals surface area (Å²) in [7, 11) is 0. The molecule has 1 N–H and O–H groups in total. The summed E-state index contributed by atoms with van der Waals surface area (Å²) in [6.07, 6.45) is -0.226. The third kappa shape index (κ3) is 2.96. The predicted octanol–water partition coefficient (Wildman–Crippen LogP) is 2.77. The molecule has 1 aromatic rings. The molecule has 1 aromatic carbocycles. The van der Waals surface area contributed by atoms with E-state index in [9.17, 15) is 4.79 Å². The molecule has 0 spiro atoms. The number of carboxylic acid groups (broad SMARTS) is 1. The summed E-state index contributed by atoms with van der Waals surface area (Å²) >= 11 is 0. The van der Waals surface area contributed by atoms with Crippen molar-refractivity contribution < 1.29 is 9.90 Å². The first kappa shape index (κ1) is 12.0. The van der Waals surface area contributed by atoms with Crippen molar-refractivity contribution in [3.05, 3.63) is 41.0 Å². The maximum Gasteiger partial charge on any atom is 0.308 e. The molecule has 0 aliphatic carbocycles. The van der Waals surface area contributed by atoms with Crippen LogP contribution in [0.1, 0.15) is 24.5 Å². The van der Waals surface area contributed by atoms with E-state index >= 15 is 0 Å². The second-order valence-electron chi connectivity index (χ2n) is 3.65. The van der Waals surface area contributed by atoms with Crippen LogP contribution < -0.4 is 0 Å². The van der Waals surface area contributed by atoms with Gasteiger partial charge in [0.1, 0.15) is 0 Å². The number of nitriles is 1. The summed E-state index contributed by atoms with van der Waals surface area (Å²) in [5, 5.41) is 17.6. The van der Waals surface area contributed by atoms with Gasteiger partial charge in [-0.2, -0.15) is 5.26 Å². The normalized spacial score (nSPS) is 11.6. The van der Waals surface area contributed by atoms with Gasteiger partial charge in [0, 0.05) is 5.57 Å². The first-order valence-corrected chi connectivity index (χ1v) is 4.93. The van der Waals surface area contributed by atoms with Gasteiger partial charge in [-0.3, -0.25) is 4.79 Å². The van der Waals surface area contributed by atoms with Crippen molar-refractivity contribution in [2.24, 2.45) is 0 Å². The second-order valence-corrected chi connectivity index (χ2v) is 3.65. The predicted molar refractivity (Wildman–Crippen MR) is 61.6 cm³/mol. The lowest BCUT2D eigenvalue weighted by Gasteiger charge is -2.04. The molecule has 0 atom stereocenters. The summed E-state index contributed by atoms with van der Waals surface area (Å²) in [5.41, 5.74) is 3.05. The number of hydrogen-bond donors (Lipinski definition) is 1. The van der Waals surface area contributed by atoms with Gasteiger partial charge in [-0.1, -0.05) is 29.8 Å². The van der Waals surface area contributed by atoms with E-state index in [0.29, 0.717) is 5.57 Å². The molecule has 1 rings (SSSR count). The molecule has 0 unspecified atom stereocenters. The number of aryl methyl sites for hydroxylation is 1. The molecular formula is C13H13NO2. The Morgan fingerprint density at radius 3 is 2.38 bits per heavy atom. The van der Waals surface area contributed by atoms with Crippen LogP contribution in [-0.4, -0.2) is 11.1 Å². The Kier molecular flexibility index (Phi) is 3.84. The van der Waals surface area contributed by atoms with Crippen LogP contribution in [0.4, 0.5) is 0 Å². The van der Waals surface area contributed by atoms with Crippen LogP contribution in [-0.2, 0) is 4.79 Å². The Morgan fingerprint density at radius 2 is 1.94 bits per heavy atom. The highest BCUT2D eigenvalue weighted by atomic mass is 16.4. The fourth-order valence-electron chi connectivity index (χ4n) is 1.38. The van der Waals surface area contributed by atoms with E-state index in [2.05, 4.69) is 0 Å². The summed E-state index contributed by atoms with van der Waals surface area (Å²) in [6.45, 7) is 3.75. The van der Waals surface area contributed by atoms with Crippen LogP contribution in [0.25, 0.3) is 5.57 Å². The molecule has 3 heteroatoms. The minimum Gasteiger partial charge on any atom is -0.481 e. The van der Waals surface area contributed by atoms with Gasteiger partial charge in [-0.05, 0) is 25.0 Å². The van der Waals surface area contributed by atoms with E-state index in [1.807, 2.05) is 37.3 Å². The number of hydrogen-bond acceptors (Lipinski definition) is 2. The summed E-state index contributed by atoms with van der Waals surface area (Å²) in [5.74, 6) is -0.983. The van der Waals surface area contributed by atoms with E-state index in [1.165, 1.54) is 0 Å². The summed E-state index contributed by atoms with van der Waals surface area (Å²) in [4.78, 5) is 10.6. The first-order valence-electron chi connectivity index (χ1n) is 4.93. The van der Waals surface area contributed by atoms with E-state index in [0.717, 1.165) is 16.7 Å². The second kappa shape index (κ2) is 5.13. The van der Waals surface area contributed by atoms with Crippen LogP contribution in [0.15, 0.2) is 29.8 Å². The van der Waals surface area contributed by atoms with E-state index < -0.39 is 5.97 Å². The molecule has 0 aliphatic rings. The molecule has 0 aromatic heterocycles. The fourth-order valence-corrected chi connectivity index (χ4v) is 1.38. The third-order valence-electron chi connectivity index (χ3n) is 2.40. The minimum atomic E-state index is -0.983. The van der Waals surface area contributed by atoms with Crippen molar-refractivity contribution in [2.75, 3.05) is 0 Å². The van der Waals surface area contributed by atoms with Crippen LogP contribution in [0.2, 0.25) is 0 Å². The Balaban J connectivity index is 3.10. The Morgan fingerprint density at radius 1 is 1.38 bits per heavy atom. The van der Waals surface area contributed by atoms with Gasteiger partial charge < -0.3 is 5.11 Å². The molecule has 0 radical (unpaired) electrons. The molecule has 16 heavy (non-hydrogen) atoms. The van der Waals surface area contributed by atoms with Gasteiger partial charge in [0.25, 0.3) is 0 Å². The Hall–Kier alpha value is -2.08. The minimum absolute atomic E-state index is 0.226. The summed E-state index contributed by atoms with van der Waals surface area (Å²) in [6, 6.07) is 9.61. The number of aliphatic carboxylic acids is 1. The van der Waals surface area contributed by atoms with Crippen molar-refractivity contribution in [2.45, 2.75) is 20.3 Å². The fraction of sp³-hybridized carbons (Fsp3) is 0.231. The molecule has 3 nitrogen and oxygen atoms in total. The van der Waals surface area contributed by atoms with Crippen LogP contribution in [0.5, 0.6) is 0 Å². The molecule has 82 valence electrons. The van der Waals surface area contributed by atoms with E-state index in [-0.39, 0.29) is 6.42 Å². The zero-order valence-electron chi connectivity index (χ0n) is 9.32. The average Bonchev–Trinajstić information content (AvgIpc) is 2.25. The monoisotopic (exact) mass is 215 g/mol. The Bertz CT molecular complexity index is 464. The zero-order chi connectivity index (χ0) is 12.1. The maximum absolute atomic E-state index is 10.6. The molecule has 0 amide bonds. The molecular weight excluding hydrogens is 202 g/mol. The molecule has 0 saturated heterocycles. The number of nitrogens with zero attached hydrogens (tertiary/aromatic N) is 1. The zero-order valence-corrected chi connectivity index (χ0v) is 9.32. The van der Waals surface area contributed by atoms with E-state index in [1.54, 1.807) is 6.92 Å². The van der Waals surface area contributed by atoms with Gasteiger partial charge in [0.2, 0.25) is 0 Å². The smallest absolute Gasteiger partial charge is 0.308 e. The SMILES string of the molecule is C/C(=C(\C#N)CC(=O)O)c1ccc(C)cc1. The molecule has 0 fully saturated rings. The van der Waals surface area contributed by atoms with Crippen LogP contribution >= 0.6 is 0 Å². The van der Waals surface area contributed by atoms with Gasteiger partial charge in [-0.25, -0.2) is 0 Å². The van der Waals surface area contributed by atoms with Gasteiger partial charge >= 0.3 is 5.97 Å². The quantitative estimate of drug-likeness (QED) is 0.788. The van der Waals surface area contributed by atoms with E-state index in [4.69, 9.17) is 10.4 Å². The molecule has 0 aliphatic heterocycles. The van der Waals surface area contributed by atoms with Crippen LogP contribution in [0.3, 0.4) is 0 Å². The number of carbonyl (C=O) groups is 1. The standard InChI is InChI=1S/C13H13NO2/c1-9-3-5-11(6-4-9)10(2)12(8-14)7-13(15)16/h3-6H,7H2,1-2H3,(H,15,16)/b12-10+. The average molecular weight is 215 g/mol. The van der Waals surface area contributed by atoms with Crippen molar-refractivity contribution in [3.63, 3.8) is 0 Å². The molecule has 0 heterocycles. The number of carboxylic acids is 1. The lowest BCUT2D eigenvalue weighted by molar-refractivity contribution is -0.136. The highest BCUT2D eigenvalue weighted by Gasteiger charge is 2.08.